The fourth-order valence-electron chi connectivity index (χ4n) is 9.23. The predicted molar refractivity (Wildman–Crippen MR) is 284 cm³/mol. The Morgan fingerprint density at radius 1 is 0.288 bits per heavy atom. The van der Waals surface area contributed by atoms with Gasteiger partial charge in [0, 0.05) is 19.3 Å². The smallest absolute Gasteiger partial charge is 0.306 e. The minimum atomic E-state index is -0.763. The summed E-state index contributed by atoms with van der Waals surface area (Å²) in [5, 5.41) is 0. The molecule has 0 aliphatic carbocycles. The van der Waals surface area contributed by atoms with Crippen molar-refractivity contribution in [2.45, 2.75) is 343 Å². The van der Waals surface area contributed by atoms with Crippen LogP contribution in [-0.4, -0.2) is 37.2 Å². The molecule has 0 aromatic heterocycles. The molecule has 0 heterocycles. The van der Waals surface area contributed by atoms with E-state index in [9.17, 15) is 14.4 Å². The van der Waals surface area contributed by atoms with Crippen molar-refractivity contribution in [1.82, 2.24) is 0 Å². The number of hydrogen-bond acceptors (Lipinski definition) is 6. The van der Waals surface area contributed by atoms with Crippen LogP contribution in [0.1, 0.15) is 336 Å². The zero-order chi connectivity index (χ0) is 48.2. The summed E-state index contributed by atoms with van der Waals surface area (Å²) >= 11 is 0. The molecular formula is C60H116O6. The number of carbonyl (C=O) groups is 3. The van der Waals surface area contributed by atoms with Gasteiger partial charge in [0.2, 0.25) is 0 Å². The lowest BCUT2D eigenvalue weighted by Crippen LogP contribution is -2.30. The van der Waals surface area contributed by atoms with Crippen LogP contribution >= 0.6 is 0 Å². The summed E-state index contributed by atoms with van der Waals surface area (Å²) in [5.74, 6) is 0.788. The van der Waals surface area contributed by atoms with Gasteiger partial charge in [0.15, 0.2) is 6.10 Å². The average Bonchev–Trinajstić information content (AvgIpc) is 3.29. The van der Waals surface area contributed by atoms with Crippen molar-refractivity contribution in [3.05, 3.63) is 0 Å². The van der Waals surface area contributed by atoms with Crippen molar-refractivity contribution in [3.8, 4) is 0 Å². The van der Waals surface area contributed by atoms with Crippen molar-refractivity contribution in [2.24, 2.45) is 11.8 Å². The van der Waals surface area contributed by atoms with Crippen LogP contribution in [0.4, 0.5) is 0 Å². The Morgan fingerprint density at radius 2 is 0.500 bits per heavy atom. The molecule has 0 aromatic carbocycles. The number of ether oxygens (including phenoxy) is 3. The van der Waals surface area contributed by atoms with Gasteiger partial charge in [-0.05, 0) is 31.1 Å². The monoisotopic (exact) mass is 933 g/mol. The molecule has 66 heavy (non-hydrogen) atoms. The Kier molecular flexibility index (Phi) is 51.5. The van der Waals surface area contributed by atoms with Crippen LogP contribution < -0.4 is 0 Å². The maximum absolute atomic E-state index is 12.8. The van der Waals surface area contributed by atoms with Crippen LogP contribution in [0.15, 0.2) is 0 Å². The molecule has 6 heteroatoms. The number of carbonyl (C=O) groups excluding carboxylic acids is 3. The lowest BCUT2D eigenvalue weighted by atomic mass is 10.0. The fourth-order valence-corrected chi connectivity index (χ4v) is 9.23. The molecule has 0 N–H and O–H groups in total. The molecule has 0 unspecified atom stereocenters. The molecule has 0 aromatic rings. The molecule has 0 radical (unpaired) electrons. The third kappa shape index (κ3) is 53.4. The first-order valence-corrected chi connectivity index (χ1v) is 29.7. The number of unbranched alkanes of at least 4 members (excludes halogenated alkanes) is 39. The third-order valence-electron chi connectivity index (χ3n) is 13.7. The van der Waals surface area contributed by atoms with E-state index in [-0.39, 0.29) is 31.1 Å². The van der Waals surface area contributed by atoms with Crippen molar-refractivity contribution in [2.75, 3.05) is 13.2 Å². The molecule has 0 saturated carbocycles. The van der Waals surface area contributed by atoms with Gasteiger partial charge in [-0.15, -0.1) is 0 Å². The Bertz CT molecular complexity index is 1010. The summed E-state index contributed by atoms with van der Waals surface area (Å²) in [6.07, 6.45) is 56.9. The molecule has 0 fully saturated rings. The lowest BCUT2D eigenvalue weighted by Gasteiger charge is -2.18. The van der Waals surface area contributed by atoms with E-state index in [0.717, 1.165) is 69.6 Å². The molecule has 0 rings (SSSR count). The second-order valence-electron chi connectivity index (χ2n) is 21.6. The molecule has 0 spiro atoms. The molecular weight excluding hydrogens is 817 g/mol. The fraction of sp³-hybridized carbons (Fsp3) is 0.950. The van der Waals surface area contributed by atoms with E-state index >= 15 is 0 Å². The summed E-state index contributed by atoms with van der Waals surface area (Å²) in [6.45, 7) is 11.4. The van der Waals surface area contributed by atoms with E-state index in [0.29, 0.717) is 19.3 Å². The second-order valence-corrected chi connectivity index (χ2v) is 21.6. The molecule has 0 aliphatic heterocycles. The van der Waals surface area contributed by atoms with Crippen LogP contribution in [-0.2, 0) is 28.6 Å². The summed E-state index contributed by atoms with van der Waals surface area (Å²) in [6, 6.07) is 0. The summed E-state index contributed by atoms with van der Waals surface area (Å²) < 4.78 is 16.9. The van der Waals surface area contributed by atoms with E-state index in [4.69, 9.17) is 14.2 Å². The van der Waals surface area contributed by atoms with Crippen LogP contribution in [0.25, 0.3) is 0 Å². The quantitative estimate of drug-likeness (QED) is 0.0343. The van der Waals surface area contributed by atoms with Crippen molar-refractivity contribution in [1.29, 1.82) is 0 Å². The van der Waals surface area contributed by atoms with Gasteiger partial charge in [0.05, 0.1) is 0 Å². The summed E-state index contributed by atoms with van der Waals surface area (Å²) in [5.41, 5.74) is 0. The molecule has 1 atom stereocenters. The minimum absolute atomic E-state index is 0.0635. The zero-order valence-electron chi connectivity index (χ0n) is 45.3. The highest BCUT2D eigenvalue weighted by Crippen LogP contribution is 2.18. The van der Waals surface area contributed by atoms with Gasteiger partial charge in [0.1, 0.15) is 13.2 Å². The van der Waals surface area contributed by atoms with Crippen molar-refractivity contribution >= 4 is 17.9 Å². The Labute approximate surface area is 412 Å². The Balaban J connectivity index is 4.19. The van der Waals surface area contributed by atoms with Crippen molar-refractivity contribution in [3.63, 3.8) is 0 Å². The number of esters is 3. The van der Waals surface area contributed by atoms with Gasteiger partial charge in [-0.2, -0.15) is 0 Å². The van der Waals surface area contributed by atoms with Crippen LogP contribution in [0.2, 0.25) is 0 Å². The molecule has 6 nitrogen and oxygen atoms in total. The largest absolute Gasteiger partial charge is 0.462 e. The number of hydrogen-bond donors (Lipinski definition) is 0. The van der Waals surface area contributed by atoms with E-state index in [1.165, 1.54) is 225 Å². The van der Waals surface area contributed by atoms with Gasteiger partial charge < -0.3 is 14.2 Å². The van der Waals surface area contributed by atoms with Gasteiger partial charge in [-0.3, -0.25) is 14.4 Å². The first kappa shape index (κ1) is 64.4. The summed E-state index contributed by atoms with van der Waals surface area (Å²) in [4.78, 5) is 38.1. The SMILES string of the molecule is CCCCCCCCCCCCCCCCCCCCCC(=O)OC[C@@H](COC(=O)CCCCCCCCCCCCCCCCCCC(C)C)OC(=O)CCCCCCCCCC(C)C. The van der Waals surface area contributed by atoms with E-state index < -0.39 is 6.10 Å². The third-order valence-corrected chi connectivity index (χ3v) is 13.7. The van der Waals surface area contributed by atoms with Gasteiger partial charge in [-0.25, -0.2) is 0 Å². The molecule has 0 saturated heterocycles. The standard InChI is InChI=1S/C60H116O6/c1-6-7-8-9-10-11-12-13-14-15-16-17-21-24-27-30-35-40-45-50-58(61)64-53-57(66-60(63)52-47-42-37-32-34-39-44-49-56(4)5)54-65-59(62)51-46-41-36-31-28-25-22-19-18-20-23-26-29-33-38-43-48-55(2)3/h55-57H,6-54H2,1-5H3/t57-/m0/s1. The van der Waals surface area contributed by atoms with E-state index in [2.05, 4.69) is 34.6 Å². The Morgan fingerprint density at radius 3 is 0.742 bits per heavy atom. The Hall–Kier alpha value is -1.59. The van der Waals surface area contributed by atoms with E-state index in [1.54, 1.807) is 0 Å². The predicted octanol–water partition coefficient (Wildman–Crippen LogP) is 19.7. The van der Waals surface area contributed by atoms with Crippen LogP contribution in [0.3, 0.4) is 0 Å². The molecule has 0 amide bonds. The molecule has 0 bridgehead atoms. The zero-order valence-corrected chi connectivity index (χ0v) is 45.3. The van der Waals surface area contributed by atoms with Gasteiger partial charge >= 0.3 is 17.9 Å². The average molecular weight is 934 g/mol. The first-order valence-electron chi connectivity index (χ1n) is 29.7. The van der Waals surface area contributed by atoms with Crippen LogP contribution in [0.5, 0.6) is 0 Å². The second kappa shape index (κ2) is 52.8. The first-order chi connectivity index (χ1) is 32.2. The normalized spacial score (nSPS) is 12.0. The minimum Gasteiger partial charge on any atom is -0.462 e. The van der Waals surface area contributed by atoms with Crippen molar-refractivity contribution < 1.29 is 28.6 Å². The van der Waals surface area contributed by atoms with Gasteiger partial charge in [-0.1, -0.05) is 298 Å². The lowest BCUT2D eigenvalue weighted by molar-refractivity contribution is -0.167. The van der Waals surface area contributed by atoms with Gasteiger partial charge in [0.25, 0.3) is 0 Å². The van der Waals surface area contributed by atoms with Crippen LogP contribution in [0, 0.1) is 11.8 Å². The summed E-state index contributed by atoms with van der Waals surface area (Å²) in [7, 11) is 0. The highest BCUT2D eigenvalue weighted by molar-refractivity contribution is 5.71. The topological polar surface area (TPSA) is 78.9 Å². The maximum atomic E-state index is 12.8. The maximum Gasteiger partial charge on any atom is 0.306 e. The molecule has 392 valence electrons. The number of rotatable bonds is 54. The molecule has 0 aliphatic rings. The highest BCUT2D eigenvalue weighted by atomic mass is 16.6. The van der Waals surface area contributed by atoms with E-state index in [1.807, 2.05) is 0 Å². The highest BCUT2D eigenvalue weighted by Gasteiger charge is 2.19.